The third-order valence-corrected chi connectivity index (χ3v) is 2.38. The molecule has 0 aromatic carbocycles. The molecule has 5 nitrogen and oxygen atoms in total. The number of nitrogens with one attached hydrogen (secondary N) is 1. The van der Waals surface area contributed by atoms with Gasteiger partial charge >= 0.3 is 0 Å². The second kappa shape index (κ2) is 4.43. The monoisotopic (exact) mass is 217 g/mol. The molecule has 0 spiro atoms. The van der Waals surface area contributed by atoms with Crippen LogP contribution in [-0.4, -0.2) is 34.8 Å². The van der Waals surface area contributed by atoms with Gasteiger partial charge in [-0.25, -0.2) is 4.98 Å². The number of anilines is 1. The number of likely N-dealkylation sites (N-methyl/N-ethyl adjacent to an activating group) is 1. The maximum Gasteiger partial charge on any atom is 0.271 e. The van der Waals surface area contributed by atoms with Crippen LogP contribution in [0, 0.1) is 0 Å². The number of aromatic nitrogens is 2. The number of rotatable bonds is 3. The minimum atomic E-state index is -0.381. The molecule has 0 fully saturated rings. The second-order valence-corrected chi connectivity index (χ2v) is 3.39. The molecular formula is C8H12ClN3O2. The summed E-state index contributed by atoms with van der Waals surface area (Å²) in [5.74, 6) is 0.372. The van der Waals surface area contributed by atoms with Crippen LogP contribution in [0.4, 0.5) is 5.82 Å². The lowest BCUT2D eigenvalue weighted by Gasteiger charge is -2.24. The molecule has 14 heavy (non-hydrogen) atoms. The van der Waals surface area contributed by atoms with Gasteiger partial charge in [0.2, 0.25) is 0 Å². The zero-order valence-corrected chi connectivity index (χ0v) is 8.75. The summed E-state index contributed by atoms with van der Waals surface area (Å²) in [6.07, 6.45) is 1.28. The number of aliphatic hydroxyl groups is 1. The minimum absolute atomic E-state index is 0.0265. The average Bonchev–Trinajstić information content (AvgIpc) is 2.20. The molecule has 1 aromatic heterocycles. The van der Waals surface area contributed by atoms with E-state index in [-0.39, 0.29) is 23.2 Å². The highest BCUT2D eigenvalue weighted by atomic mass is 35.5. The summed E-state index contributed by atoms with van der Waals surface area (Å²) in [6.45, 7) is 1.78. The lowest BCUT2D eigenvalue weighted by atomic mass is 10.3. The van der Waals surface area contributed by atoms with E-state index in [1.54, 1.807) is 18.9 Å². The van der Waals surface area contributed by atoms with Crippen molar-refractivity contribution >= 4 is 17.4 Å². The summed E-state index contributed by atoms with van der Waals surface area (Å²) in [4.78, 5) is 19.1. The van der Waals surface area contributed by atoms with Crippen LogP contribution in [0.2, 0.25) is 5.02 Å². The van der Waals surface area contributed by atoms with Gasteiger partial charge in [0.15, 0.2) is 5.82 Å². The topological polar surface area (TPSA) is 69.2 Å². The molecule has 0 saturated carbocycles. The van der Waals surface area contributed by atoms with Crippen LogP contribution in [0.15, 0.2) is 11.1 Å². The predicted molar refractivity (Wildman–Crippen MR) is 54.8 cm³/mol. The summed E-state index contributed by atoms with van der Waals surface area (Å²) in [5.41, 5.74) is -0.381. The summed E-state index contributed by atoms with van der Waals surface area (Å²) in [5, 5.41) is 8.97. The first kappa shape index (κ1) is 11.0. The van der Waals surface area contributed by atoms with Crippen LogP contribution >= 0.6 is 11.6 Å². The number of aliphatic hydroxyl groups excluding tert-OH is 1. The van der Waals surface area contributed by atoms with Gasteiger partial charge in [0.05, 0.1) is 19.0 Å². The lowest BCUT2D eigenvalue weighted by Crippen LogP contribution is -2.33. The van der Waals surface area contributed by atoms with Gasteiger partial charge in [0.25, 0.3) is 5.56 Å². The maximum atomic E-state index is 11.1. The van der Waals surface area contributed by atoms with Crippen molar-refractivity contribution in [1.82, 2.24) is 9.97 Å². The van der Waals surface area contributed by atoms with Gasteiger partial charge in [-0.1, -0.05) is 11.6 Å². The minimum Gasteiger partial charge on any atom is -0.394 e. The fourth-order valence-corrected chi connectivity index (χ4v) is 1.19. The van der Waals surface area contributed by atoms with Gasteiger partial charge in [-0.05, 0) is 6.92 Å². The van der Waals surface area contributed by atoms with Crippen LogP contribution in [0.1, 0.15) is 6.92 Å². The Labute approximate surface area is 86.3 Å². The third-order valence-electron chi connectivity index (χ3n) is 2.04. The van der Waals surface area contributed by atoms with Gasteiger partial charge in [-0.2, -0.15) is 0 Å². The molecule has 0 aliphatic rings. The van der Waals surface area contributed by atoms with Crippen LogP contribution in [0.3, 0.4) is 0 Å². The average molecular weight is 218 g/mol. The Morgan fingerprint density at radius 2 is 2.43 bits per heavy atom. The fourth-order valence-electron chi connectivity index (χ4n) is 0.951. The standard InChI is InChI=1S/C8H12ClN3O2/c1-5(3-13)12(2)7-6(9)8(14)11-4-10-7/h4-5,13H,3H2,1-2H3,(H,10,11,14). The zero-order chi connectivity index (χ0) is 10.7. The van der Waals surface area contributed by atoms with Crippen molar-refractivity contribution in [3.63, 3.8) is 0 Å². The molecule has 6 heteroatoms. The number of halogens is 1. The second-order valence-electron chi connectivity index (χ2n) is 3.01. The van der Waals surface area contributed by atoms with Crippen molar-refractivity contribution in [3.8, 4) is 0 Å². The Morgan fingerprint density at radius 3 is 3.00 bits per heavy atom. The zero-order valence-electron chi connectivity index (χ0n) is 7.99. The molecule has 1 rings (SSSR count). The summed E-state index contributed by atoms with van der Waals surface area (Å²) < 4.78 is 0. The van der Waals surface area contributed by atoms with E-state index >= 15 is 0 Å². The van der Waals surface area contributed by atoms with Crippen molar-refractivity contribution in [3.05, 3.63) is 21.7 Å². The van der Waals surface area contributed by atoms with Gasteiger partial charge in [0.1, 0.15) is 5.02 Å². The first-order valence-corrected chi connectivity index (χ1v) is 4.52. The molecule has 0 radical (unpaired) electrons. The van der Waals surface area contributed by atoms with Gasteiger partial charge in [-0.15, -0.1) is 0 Å². The molecule has 78 valence electrons. The first-order chi connectivity index (χ1) is 6.57. The highest BCUT2D eigenvalue weighted by molar-refractivity contribution is 6.32. The molecule has 1 heterocycles. The maximum absolute atomic E-state index is 11.1. The molecule has 0 saturated heterocycles. The Hall–Kier alpha value is -1.07. The van der Waals surface area contributed by atoms with E-state index in [0.29, 0.717) is 5.82 Å². The van der Waals surface area contributed by atoms with E-state index in [4.69, 9.17) is 16.7 Å². The molecule has 0 amide bonds. The Morgan fingerprint density at radius 1 is 1.79 bits per heavy atom. The van der Waals surface area contributed by atoms with Crippen molar-refractivity contribution in [2.24, 2.45) is 0 Å². The van der Waals surface area contributed by atoms with Crippen LogP contribution in [0.5, 0.6) is 0 Å². The third kappa shape index (κ3) is 2.05. The van der Waals surface area contributed by atoms with E-state index in [1.807, 2.05) is 0 Å². The number of H-pyrrole nitrogens is 1. The normalized spacial score (nSPS) is 12.6. The summed E-state index contributed by atoms with van der Waals surface area (Å²) in [7, 11) is 1.72. The number of aromatic amines is 1. The van der Waals surface area contributed by atoms with E-state index in [2.05, 4.69) is 9.97 Å². The largest absolute Gasteiger partial charge is 0.394 e. The molecule has 2 N–H and O–H groups in total. The SMILES string of the molecule is CC(CO)N(C)c1nc[nH]c(=O)c1Cl. The van der Waals surface area contributed by atoms with Crippen molar-refractivity contribution < 1.29 is 5.11 Å². The molecule has 0 aliphatic heterocycles. The van der Waals surface area contributed by atoms with Crippen molar-refractivity contribution in [2.75, 3.05) is 18.6 Å². The molecular weight excluding hydrogens is 206 g/mol. The predicted octanol–water partition coefficient (Wildman–Crippen LogP) is 0.240. The number of hydrogen-bond donors (Lipinski definition) is 2. The quantitative estimate of drug-likeness (QED) is 0.761. The van der Waals surface area contributed by atoms with E-state index < -0.39 is 0 Å². The summed E-state index contributed by atoms with van der Waals surface area (Å²) >= 11 is 5.76. The Balaban J connectivity index is 3.07. The number of nitrogens with zero attached hydrogens (tertiary/aromatic N) is 2. The van der Waals surface area contributed by atoms with Gasteiger partial charge in [0, 0.05) is 7.05 Å². The van der Waals surface area contributed by atoms with E-state index in [0.717, 1.165) is 0 Å². The fraction of sp³-hybridized carbons (Fsp3) is 0.500. The highest BCUT2D eigenvalue weighted by Gasteiger charge is 2.14. The number of hydrogen-bond acceptors (Lipinski definition) is 4. The van der Waals surface area contributed by atoms with Gasteiger partial charge in [-0.3, -0.25) is 4.79 Å². The molecule has 1 aromatic rings. The lowest BCUT2D eigenvalue weighted by molar-refractivity contribution is 0.270. The molecule has 0 aliphatic carbocycles. The van der Waals surface area contributed by atoms with Crippen molar-refractivity contribution in [1.29, 1.82) is 0 Å². The van der Waals surface area contributed by atoms with E-state index in [1.165, 1.54) is 6.33 Å². The van der Waals surface area contributed by atoms with E-state index in [9.17, 15) is 4.79 Å². The molecule has 0 bridgehead atoms. The summed E-state index contributed by atoms with van der Waals surface area (Å²) in [6, 6.07) is -0.137. The molecule has 1 unspecified atom stereocenters. The smallest absolute Gasteiger partial charge is 0.271 e. The Kier molecular flexibility index (Phi) is 3.49. The van der Waals surface area contributed by atoms with Gasteiger partial charge < -0.3 is 15.0 Å². The first-order valence-electron chi connectivity index (χ1n) is 4.14. The van der Waals surface area contributed by atoms with Crippen LogP contribution < -0.4 is 10.5 Å². The Bertz CT molecular complexity index is 366. The van der Waals surface area contributed by atoms with Crippen molar-refractivity contribution in [2.45, 2.75) is 13.0 Å². The van der Waals surface area contributed by atoms with Crippen LogP contribution in [-0.2, 0) is 0 Å². The highest BCUT2D eigenvalue weighted by Crippen LogP contribution is 2.18. The molecule has 1 atom stereocenters. The van der Waals surface area contributed by atoms with Crippen LogP contribution in [0.25, 0.3) is 0 Å².